The molecule has 1 aliphatic carbocycles. The topological polar surface area (TPSA) is 62.3 Å². The molecule has 0 spiro atoms. The average molecular weight is 351 g/mol. The van der Waals surface area contributed by atoms with Crippen LogP contribution in [0.15, 0.2) is 36.5 Å². The van der Waals surface area contributed by atoms with Crippen LogP contribution in [-0.4, -0.2) is 40.3 Å². The number of amides is 2. The molecule has 2 fully saturated rings. The van der Waals surface area contributed by atoms with Gasteiger partial charge < -0.3 is 10.2 Å². The number of piperidine rings is 1. The maximum atomic E-state index is 13.0. The van der Waals surface area contributed by atoms with E-state index < -0.39 is 6.04 Å². The zero-order chi connectivity index (χ0) is 17.9. The molecule has 1 aliphatic heterocycles. The minimum absolute atomic E-state index is 0.0925. The van der Waals surface area contributed by atoms with Gasteiger partial charge in [-0.25, -0.2) is 0 Å². The van der Waals surface area contributed by atoms with E-state index in [0.717, 1.165) is 43.1 Å². The number of para-hydroxylation sites is 1. The van der Waals surface area contributed by atoms with Crippen molar-refractivity contribution in [2.75, 3.05) is 6.54 Å². The lowest BCUT2D eigenvalue weighted by Crippen LogP contribution is -2.55. The number of carbonyl (C=O) groups excluding carboxylic acids is 2. The van der Waals surface area contributed by atoms with E-state index in [1.54, 1.807) is 12.3 Å². The highest BCUT2D eigenvalue weighted by Gasteiger charge is 2.34. The van der Waals surface area contributed by atoms with Crippen LogP contribution in [0.1, 0.15) is 55.3 Å². The van der Waals surface area contributed by atoms with Crippen LogP contribution in [0.4, 0.5) is 0 Å². The monoisotopic (exact) mass is 351 g/mol. The van der Waals surface area contributed by atoms with Crippen molar-refractivity contribution < 1.29 is 9.59 Å². The molecule has 0 bridgehead atoms. The molecular formula is C21H25N3O2. The van der Waals surface area contributed by atoms with Crippen LogP contribution in [0.25, 0.3) is 10.9 Å². The summed E-state index contributed by atoms with van der Waals surface area (Å²) in [5, 5.41) is 3.81. The zero-order valence-electron chi connectivity index (χ0n) is 15.0. The Balaban J connectivity index is 1.50. The highest BCUT2D eigenvalue weighted by molar-refractivity contribution is 6.07. The maximum Gasteiger partial charge on any atom is 0.252 e. The van der Waals surface area contributed by atoms with Crippen LogP contribution in [0.2, 0.25) is 0 Å². The van der Waals surface area contributed by atoms with Crippen molar-refractivity contribution in [1.29, 1.82) is 0 Å². The fraction of sp³-hybridized carbons (Fsp3) is 0.476. The van der Waals surface area contributed by atoms with Crippen LogP contribution in [0, 0.1) is 0 Å². The SMILES string of the molecule is O=C(NC1CCCN(C2CCCCC2)C1=O)c1ccnc2ccccc12. The van der Waals surface area contributed by atoms with Crippen molar-refractivity contribution in [3.8, 4) is 0 Å². The minimum atomic E-state index is -0.412. The first-order valence-electron chi connectivity index (χ1n) is 9.69. The molecule has 1 saturated carbocycles. The van der Waals surface area contributed by atoms with Gasteiger partial charge in [-0.15, -0.1) is 0 Å². The molecule has 4 rings (SSSR count). The Bertz CT molecular complexity index is 809. The molecule has 136 valence electrons. The first-order valence-corrected chi connectivity index (χ1v) is 9.69. The molecule has 1 aromatic heterocycles. The Hall–Kier alpha value is -2.43. The van der Waals surface area contributed by atoms with Crippen molar-refractivity contribution in [2.24, 2.45) is 0 Å². The summed E-state index contributed by atoms with van der Waals surface area (Å²) in [6.07, 6.45) is 9.19. The van der Waals surface area contributed by atoms with Gasteiger partial charge >= 0.3 is 0 Å². The van der Waals surface area contributed by atoms with Gasteiger partial charge in [0.15, 0.2) is 0 Å². The van der Waals surface area contributed by atoms with E-state index in [-0.39, 0.29) is 11.8 Å². The normalized spacial score (nSPS) is 21.8. The van der Waals surface area contributed by atoms with E-state index in [4.69, 9.17) is 0 Å². The van der Waals surface area contributed by atoms with Gasteiger partial charge in [-0.3, -0.25) is 14.6 Å². The fourth-order valence-electron chi connectivity index (χ4n) is 4.32. The Morgan fingerprint density at radius 1 is 1.04 bits per heavy atom. The van der Waals surface area contributed by atoms with Gasteiger partial charge in [0.1, 0.15) is 6.04 Å². The summed E-state index contributed by atoms with van der Waals surface area (Å²) >= 11 is 0. The summed E-state index contributed by atoms with van der Waals surface area (Å²) in [7, 11) is 0. The molecule has 5 nitrogen and oxygen atoms in total. The number of hydrogen-bond donors (Lipinski definition) is 1. The third kappa shape index (κ3) is 3.30. The quantitative estimate of drug-likeness (QED) is 0.923. The number of fused-ring (bicyclic) bond motifs is 1. The average Bonchev–Trinajstić information content (AvgIpc) is 2.70. The van der Waals surface area contributed by atoms with Crippen LogP contribution in [0.3, 0.4) is 0 Å². The molecule has 26 heavy (non-hydrogen) atoms. The third-order valence-electron chi connectivity index (χ3n) is 5.69. The van der Waals surface area contributed by atoms with Gasteiger partial charge in [-0.2, -0.15) is 0 Å². The molecule has 1 N–H and O–H groups in total. The number of pyridine rings is 1. The molecule has 1 aromatic carbocycles. The number of carbonyl (C=O) groups is 2. The van der Waals surface area contributed by atoms with Gasteiger partial charge in [0.05, 0.1) is 11.1 Å². The molecule has 2 aromatic rings. The third-order valence-corrected chi connectivity index (χ3v) is 5.69. The van der Waals surface area contributed by atoms with Crippen molar-refractivity contribution in [2.45, 2.75) is 57.0 Å². The lowest BCUT2D eigenvalue weighted by molar-refractivity contribution is -0.139. The smallest absolute Gasteiger partial charge is 0.252 e. The summed E-state index contributed by atoms with van der Waals surface area (Å²) < 4.78 is 0. The highest BCUT2D eigenvalue weighted by atomic mass is 16.2. The molecule has 2 heterocycles. The molecule has 1 saturated heterocycles. The lowest BCUT2D eigenvalue weighted by Gasteiger charge is -2.40. The fourth-order valence-corrected chi connectivity index (χ4v) is 4.32. The maximum absolute atomic E-state index is 13.0. The number of rotatable bonds is 3. The summed E-state index contributed by atoms with van der Waals surface area (Å²) in [5.41, 5.74) is 1.37. The number of nitrogens with one attached hydrogen (secondary N) is 1. The zero-order valence-corrected chi connectivity index (χ0v) is 15.0. The van der Waals surface area contributed by atoms with Crippen molar-refractivity contribution in [3.63, 3.8) is 0 Å². The summed E-state index contributed by atoms with van der Waals surface area (Å²) in [5.74, 6) is -0.0951. The number of nitrogens with zero attached hydrogens (tertiary/aromatic N) is 2. The molecule has 2 aliphatic rings. The largest absolute Gasteiger partial charge is 0.340 e. The molecule has 0 radical (unpaired) electrons. The Morgan fingerprint density at radius 2 is 1.85 bits per heavy atom. The van der Waals surface area contributed by atoms with E-state index in [0.29, 0.717) is 11.6 Å². The van der Waals surface area contributed by atoms with Crippen molar-refractivity contribution in [3.05, 3.63) is 42.1 Å². The van der Waals surface area contributed by atoms with Crippen molar-refractivity contribution >= 4 is 22.7 Å². The Kier molecular flexibility index (Phi) is 4.87. The van der Waals surface area contributed by atoms with E-state index in [1.807, 2.05) is 29.2 Å². The standard InChI is InChI=1S/C21H25N3O2/c25-20(17-12-13-22-18-10-5-4-9-16(17)18)23-19-11-6-14-24(21(19)26)15-7-2-1-3-8-15/h4-5,9-10,12-13,15,19H,1-3,6-8,11,14H2,(H,23,25). The van der Waals surface area contributed by atoms with Gasteiger partial charge in [0, 0.05) is 24.2 Å². The van der Waals surface area contributed by atoms with Gasteiger partial charge in [0.25, 0.3) is 5.91 Å². The lowest BCUT2D eigenvalue weighted by atomic mass is 9.91. The summed E-state index contributed by atoms with van der Waals surface area (Å²) in [6.45, 7) is 0.827. The summed E-state index contributed by atoms with van der Waals surface area (Å²) in [6, 6.07) is 9.27. The molecule has 2 amide bonds. The van der Waals surface area contributed by atoms with Crippen LogP contribution in [0.5, 0.6) is 0 Å². The molecular weight excluding hydrogens is 326 g/mol. The Labute approximate surface area is 153 Å². The van der Waals surface area contributed by atoms with Crippen LogP contribution in [-0.2, 0) is 4.79 Å². The van der Waals surface area contributed by atoms with Gasteiger partial charge in [-0.05, 0) is 37.8 Å². The van der Waals surface area contributed by atoms with Crippen LogP contribution >= 0.6 is 0 Å². The predicted octanol–water partition coefficient (Wildman–Crippen LogP) is 3.29. The van der Waals surface area contributed by atoms with E-state index >= 15 is 0 Å². The number of benzene rings is 1. The number of likely N-dealkylation sites (tertiary alicyclic amines) is 1. The van der Waals surface area contributed by atoms with Crippen molar-refractivity contribution in [1.82, 2.24) is 15.2 Å². The molecule has 5 heteroatoms. The second-order valence-corrected chi connectivity index (χ2v) is 7.37. The van der Waals surface area contributed by atoms with Gasteiger partial charge in [0.2, 0.25) is 5.91 Å². The molecule has 1 atom stereocenters. The van der Waals surface area contributed by atoms with E-state index in [2.05, 4.69) is 10.3 Å². The Morgan fingerprint density at radius 3 is 2.69 bits per heavy atom. The van der Waals surface area contributed by atoms with E-state index in [9.17, 15) is 9.59 Å². The van der Waals surface area contributed by atoms with Crippen LogP contribution < -0.4 is 5.32 Å². The second kappa shape index (κ2) is 7.44. The number of aromatic nitrogens is 1. The first kappa shape index (κ1) is 17.0. The summed E-state index contributed by atoms with van der Waals surface area (Å²) in [4.78, 5) is 32.1. The number of hydrogen-bond acceptors (Lipinski definition) is 3. The van der Waals surface area contributed by atoms with E-state index in [1.165, 1.54) is 19.3 Å². The predicted molar refractivity (Wildman–Crippen MR) is 101 cm³/mol. The minimum Gasteiger partial charge on any atom is -0.340 e. The molecule has 1 unspecified atom stereocenters. The van der Waals surface area contributed by atoms with Gasteiger partial charge in [-0.1, -0.05) is 37.5 Å². The first-order chi connectivity index (χ1) is 12.7. The highest BCUT2D eigenvalue weighted by Crippen LogP contribution is 2.26. The second-order valence-electron chi connectivity index (χ2n) is 7.37.